The number of amides is 1. The van der Waals surface area contributed by atoms with Crippen molar-refractivity contribution in [2.75, 3.05) is 7.05 Å². The van der Waals surface area contributed by atoms with Gasteiger partial charge in [-0.05, 0) is 20.8 Å². The molecule has 1 atom stereocenters. The van der Waals surface area contributed by atoms with Crippen molar-refractivity contribution < 1.29 is 9.21 Å². The van der Waals surface area contributed by atoms with Gasteiger partial charge in [-0.2, -0.15) is 0 Å². The van der Waals surface area contributed by atoms with E-state index >= 15 is 0 Å². The van der Waals surface area contributed by atoms with E-state index in [1.54, 1.807) is 37.1 Å². The Morgan fingerprint density at radius 1 is 1.14 bits per heavy atom. The van der Waals surface area contributed by atoms with Gasteiger partial charge in [0.15, 0.2) is 5.89 Å². The number of rotatable bonds is 4. The molecule has 120 valence electrons. The lowest BCUT2D eigenvalue weighted by molar-refractivity contribution is 0.0710. The first kappa shape index (κ1) is 16.7. The quantitative estimate of drug-likeness (QED) is 0.853. The molecule has 2 aromatic heterocycles. The number of oxazole rings is 1. The molecule has 0 radical (unpaired) electrons. The molecular weight excluding hydrogens is 298 g/mol. The monoisotopic (exact) mass is 321 g/mol. The zero-order chi connectivity index (χ0) is 16.6. The summed E-state index contributed by atoms with van der Waals surface area (Å²) < 4.78 is 5.44. The lowest BCUT2D eigenvalue weighted by Gasteiger charge is -2.23. The molecule has 0 saturated heterocycles. The molecule has 2 rings (SSSR count). The summed E-state index contributed by atoms with van der Waals surface area (Å²) in [5.74, 6) is 1.07. The molecule has 0 aliphatic heterocycles. The van der Waals surface area contributed by atoms with Gasteiger partial charge in [0.25, 0.3) is 5.91 Å². The van der Waals surface area contributed by atoms with Crippen LogP contribution in [0.25, 0.3) is 0 Å². The molecule has 0 unspecified atom stereocenters. The molecule has 0 bridgehead atoms. The summed E-state index contributed by atoms with van der Waals surface area (Å²) in [5, 5.41) is 1.10. The summed E-state index contributed by atoms with van der Waals surface area (Å²) in [5.41, 5.74) is 1.62. The number of carbonyl (C=O) groups excluding carboxylic acids is 1. The molecule has 5 nitrogen and oxygen atoms in total. The first-order chi connectivity index (χ1) is 10.2. The molecule has 0 N–H and O–H groups in total. The van der Waals surface area contributed by atoms with Crippen molar-refractivity contribution in [2.24, 2.45) is 0 Å². The lowest BCUT2D eigenvalue weighted by Crippen LogP contribution is -2.29. The van der Waals surface area contributed by atoms with Crippen molar-refractivity contribution in [3.63, 3.8) is 0 Å². The minimum Gasteiger partial charge on any atom is -0.436 e. The summed E-state index contributed by atoms with van der Waals surface area (Å²) in [6.45, 7) is 11.8. The molecule has 0 fully saturated rings. The third-order valence-electron chi connectivity index (χ3n) is 3.72. The Bertz CT molecular complexity index is 688. The molecule has 22 heavy (non-hydrogen) atoms. The van der Waals surface area contributed by atoms with E-state index in [4.69, 9.17) is 4.42 Å². The second-order valence-electron chi connectivity index (χ2n) is 5.90. The highest BCUT2D eigenvalue weighted by atomic mass is 32.1. The highest BCUT2D eigenvalue weighted by Gasteiger charge is 2.27. The third kappa shape index (κ3) is 3.06. The largest absolute Gasteiger partial charge is 0.436 e. The summed E-state index contributed by atoms with van der Waals surface area (Å²) in [7, 11) is 1.79. The number of nitrogens with zero attached hydrogens (tertiary/aromatic N) is 3. The van der Waals surface area contributed by atoms with Crippen molar-refractivity contribution in [3.05, 3.63) is 32.9 Å². The predicted molar refractivity (Wildman–Crippen MR) is 87.4 cm³/mol. The van der Waals surface area contributed by atoms with Crippen molar-refractivity contribution in [2.45, 2.75) is 53.5 Å². The molecule has 1 amide bonds. The summed E-state index contributed by atoms with van der Waals surface area (Å²) in [6, 6.07) is -0.0534. The van der Waals surface area contributed by atoms with Crippen molar-refractivity contribution in [1.29, 1.82) is 0 Å². The van der Waals surface area contributed by atoms with Crippen molar-refractivity contribution >= 4 is 17.2 Å². The zero-order valence-electron chi connectivity index (χ0n) is 14.2. The molecular formula is C16H23N3O2S. The van der Waals surface area contributed by atoms with E-state index in [9.17, 15) is 4.79 Å². The van der Waals surface area contributed by atoms with Gasteiger partial charge >= 0.3 is 0 Å². The SMILES string of the molecule is Cc1nc(C)c(C(=O)N(C)[C@@H](C)c2sc(C(C)C)nc2C)o1. The van der Waals surface area contributed by atoms with Crippen LogP contribution in [0.5, 0.6) is 0 Å². The van der Waals surface area contributed by atoms with Crippen molar-refractivity contribution in [3.8, 4) is 0 Å². The maximum absolute atomic E-state index is 12.6. The van der Waals surface area contributed by atoms with Crippen LogP contribution >= 0.6 is 11.3 Å². The first-order valence-corrected chi connectivity index (χ1v) is 8.22. The zero-order valence-corrected chi connectivity index (χ0v) is 15.0. The molecule has 0 aliphatic carbocycles. The normalized spacial score (nSPS) is 12.7. The smallest absolute Gasteiger partial charge is 0.291 e. The van der Waals surface area contributed by atoms with Crippen LogP contribution in [-0.2, 0) is 0 Å². The summed E-state index contributed by atoms with van der Waals surface area (Å²) in [4.78, 5) is 24.2. The molecule has 2 aromatic rings. The van der Waals surface area contributed by atoms with E-state index in [1.165, 1.54) is 0 Å². The van der Waals surface area contributed by atoms with E-state index in [2.05, 4.69) is 23.8 Å². The maximum Gasteiger partial charge on any atom is 0.291 e. The van der Waals surface area contributed by atoms with Crippen LogP contribution in [-0.4, -0.2) is 27.8 Å². The van der Waals surface area contributed by atoms with Crippen molar-refractivity contribution in [1.82, 2.24) is 14.9 Å². The fourth-order valence-corrected chi connectivity index (χ4v) is 3.47. The summed E-state index contributed by atoms with van der Waals surface area (Å²) in [6.07, 6.45) is 0. The van der Waals surface area contributed by atoms with Gasteiger partial charge in [-0.25, -0.2) is 9.97 Å². The van der Waals surface area contributed by atoms with Gasteiger partial charge in [0.05, 0.1) is 22.4 Å². The number of aromatic nitrogens is 2. The predicted octanol–water partition coefficient (Wildman–Crippen LogP) is 4.01. The van der Waals surface area contributed by atoms with E-state index in [1.807, 2.05) is 13.8 Å². The Hall–Kier alpha value is -1.69. The Morgan fingerprint density at radius 2 is 1.77 bits per heavy atom. The van der Waals surface area contributed by atoms with E-state index in [-0.39, 0.29) is 11.9 Å². The Labute approximate surface area is 135 Å². The fraction of sp³-hybridized carbons (Fsp3) is 0.562. The van der Waals surface area contributed by atoms with Crippen LogP contribution in [0.1, 0.15) is 70.4 Å². The molecule has 6 heteroatoms. The number of thiazole rings is 1. The average molecular weight is 321 g/mol. The van der Waals surface area contributed by atoms with Gasteiger partial charge in [0.2, 0.25) is 5.76 Å². The molecule has 0 spiro atoms. The van der Waals surface area contributed by atoms with E-state index in [0.717, 1.165) is 15.6 Å². The number of hydrogen-bond donors (Lipinski definition) is 0. The molecule has 2 heterocycles. The standard InChI is InChI=1S/C16H23N3O2S/c1-8(2)15-18-10(4)14(22-15)11(5)19(7)16(20)13-9(3)17-12(6)21-13/h8,11H,1-7H3/t11-/m0/s1. The van der Waals surface area contributed by atoms with Gasteiger partial charge in [-0.1, -0.05) is 13.8 Å². The average Bonchev–Trinajstić information content (AvgIpc) is 2.99. The van der Waals surface area contributed by atoms with E-state index < -0.39 is 0 Å². The third-order valence-corrected chi connectivity index (χ3v) is 5.35. The van der Waals surface area contributed by atoms with E-state index in [0.29, 0.717) is 23.3 Å². The van der Waals surface area contributed by atoms with Crippen LogP contribution in [0.4, 0.5) is 0 Å². The second kappa shape index (κ2) is 6.20. The Morgan fingerprint density at radius 3 is 2.23 bits per heavy atom. The minimum atomic E-state index is -0.149. The molecule has 0 saturated carbocycles. The molecule has 0 aliphatic rings. The van der Waals surface area contributed by atoms with Crippen LogP contribution < -0.4 is 0 Å². The maximum atomic E-state index is 12.6. The van der Waals surface area contributed by atoms with Crippen LogP contribution in [0.3, 0.4) is 0 Å². The molecule has 0 aromatic carbocycles. The fourth-order valence-electron chi connectivity index (χ4n) is 2.31. The van der Waals surface area contributed by atoms with Gasteiger partial charge in [0, 0.05) is 24.8 Å². The second-order valence-corrected chi connectivity index (χ2v) is 6.96. The van der Waals surface area contributed by atoms with Crippen LogP contribution in [0.2, 0.25) is 0 Å². The van der Waals surface area contributed by atoms with Crippen LogP contribution in [0, 0.1) is 20.8 Å². The highest BCUT2D eigenvalue weighted by Crippen LogP contribution is 2.32. The van der Waals surface area contributed by atoms with Gasteiger partial charge < -0.3 is 9.32 Å². The number of hydrogen-bond acceptors (Lipinski definition) is 5. The Balaban J connectivity index is 2.27. The minimum absolute atomic E-state index is 0.0534. The van der Waals surface area contributed by atoms with Gasteiger partial charge in [0.1, 0.15) is 0 Å². The lowest BCUT2D eigenvalue weighted by atomic mass is 10.2. The number of aryl methyl sites for hydroxylation is 3. The Kier molecular flexibility index (Phi) is 4.70. The summed E-state index contributed by atoms with van der Waals surface area (Å²) >= 11 is 1.67. The highest BCUT2D eigenvalue weighted by molar-refractivity contribution is 7.11. The first-order valence-electron chi connectivity index (χ1n) is 7.40. The number of carbonyl (C=O) groups is 1. The van der Waals surface area contributed by atoms with Gasteiger partial charge in [-0.3, -0.25) is 4.79 Å². The topological polar surface area (TPSA) is 59.2 Å². The van der Waals surface area contributed by atoms with Crippen LogP contribution in [0.15, 0.2) is 4.42 Å². The van der Waals surface area contributed by atoms with Gasteiger partial charge in [-0.15, -0.1) is 11.3 Å².